The third-order valence-electron chi connectivity index (χ3n) is 10.4. The van der Waals surface area contributed by atoms with Crippen molar-refractivity contribution in [2.45, 2.75) is 111 Å². The number of benzene rings is 5. The summed E-state index contributed by atoms with van der Waals surface area (Å²) in [7, 11) is 0. The van der Waals surface area contributed by atoms with E-state index in [2.05, 4.69) is 62.3 Å². The van der Waals surface area contributed by atoms with E-state index >= 15 is 0 Å². The fraction of sp³-hybridized carbons (Fsp3) is 0.362. The molecule has 5 aromatic rings. The number of aryl methyl sites for hydroxylation is 1. The molecule has 6 rings (SSSR count). The molecule has 1 aliphatic carbocycles. The van der Waals surface area contributed by atoms with Gasteiger partial charge in [-0.3, -0.25) is 0 Å². The fourth-order valence-corrected chi connectivity index (χ4v) is 7.01. The maximum absolute atomic E-state index is 12.0. The molecule has 0 spiro atoms. The molecular formula is C47H54O5. The van der Waals surface area contributed by atoms with Crippen LogP contribution in [-0.4, -0.2) is 20.4 Å². The van der Waals surface area contributed by atoms with Gasteiger partial charge in [0, 0.05) is 36.8 Å². The molecule has 5 nitrogen and oxygen atoms in total. The molecule has 0 aromatic heterocycles. The second kappa shape index (κ2) is 13.3. The lowest BCUT2D eigenvalue weighted by Crippen LogP contribution is -2.15. The van der Waals surface area contributed by atoms with Crippen LogP contribution in [0, 0.1) is 6.92 Å². The molecule has 0 aliphatic heterocycles. The first kappa shape index (κ1) is 36.9. The van der Waals surface area contributed by atoms with E-state index in [1.54, 1.807) is 0 Å². The Labute approximate surface area is 309 Å². The molecule has 1 aliphatic rings. The molecule has 8 bridgehead atoms. The van der Waals surface area contributed by atoms with Crippen molar-refractivity contribution in [2.24, 2.45) is 0 Å². The summed E-state index contributed by atoms with van der Waals surface area (Å²) in [6.07, 6.45) is 1.09. The van der Waals surface area contributed by atoms with Gasteiger partial charge in [0.15, 0.2) is 0 Å². The number of ether oxygens (including phenoxy) is 1. The minimum atomic E-state index is -0.229. The van der Waals surface area contributed by atoms with Gasteiger partial charge in [0.1, 0.15) is 34.5 Å². The second-order valence-corrected chi connectivity index (χ2v) is 17.9. The largest absolute Gasteiger partial charge is 0.507 e. The van der Waals surface area contributed by atoms with Crippen LogP contribution in [0.3, 0.4) is 0 Å². The Morgan fingerprint density at radius 2 is 0.635 bits per heavy atom. The Hall–Kier alpha value is -4.90. The lowest BCUT2D eigenvalue weighted by molar-refractivity contribution is 0.445. The van der Waals surface area contributed by atoms with Gasteiger partial charge in [0.25, 0.3) is 0 Å². The molecule has 4 N–H and O–H groups in total. The monoisotopic (exact) mass is 698 g/mol. The Morgan fingerprint density at radius 1 is 0.385 bits per heavy atom. The van der Waals surface area contributed by atoms with Crippen LogP contribution in [0.15, 0.2) is 72.8 Å². The lowest BCUT2D eigenvalue weighted by atomic mass is 9.80. The molecule has 0 unspecified atom stereocenters. The summed E-state index contributed by atoms with van der Waals surface area (Å²) < 4.78 is 6.39. The SMILES string of the molecule is Cc1ccc(Oc2cc3c(O)c(c2)Cc2cc(C(C)(C)C)cc(c2O)Cc2cc(C(C)(C)C)cc(c2O)Cc2cc(C(C)(C)C)cc(c2O)C3)cc1. The molecule has 272 valence electrons. The van der Waals surface area contributed by atoms with E-state index in [0.29, 0.717) is 68.8 Å². The number of hydrogen-bond acceptors (Lipinski definition) is 5. The first-order valence-electron chi connectivity index (χ1n) is 18.3. The zero-order valence-corrected chi connectivity index (χ0v) is 32.5. The topological polar surface area (TPSA) is 90.2 Å². The number of phenols is 4. The number of rotatable bonds is 2. The lowest BCUT2D eigenvalue weighted by Gasteiger charge is -2.26. The van der Waals surface area contributed by atoms with Gasteiger partial charge in [-0.25, -0.2) is 0 Å². The molecular weight excluding hydrogens is 645 g/mol. The standard InChI is InChI=1S/C47H54O5/c1-27-11-13-39(14-12-27)52-40-25-34-17-32-23-37(46(5,6)7)21-30(42(32)49)15-28-19-36(45(2,3)4)20-29(41(28)48)16-31-22-38(47(8,9)10)24-33(43(31)50)18-35(26-40)44(34)51/h11-14,19-26,48-51H,15-18H2,1-10H3. The van der Waals surface area contributed by atoms with Crippen molar-refractivity contribution in [3.8, 4) is 34.5 Å². The third-order valence-corrected chi connectivity index (χ3v) is 10.4. The summed E-state index contributed by atoms with van der Waals surface area (Å²) in [5.41, 5.74) is 9.00. The van der Waals surface area contributed by atoms with Crippen molar-refractivity contribution in [3.05, 3.63) is 140 Å². The minimum Gasteiger partial charge on any atom is -0.507 e. The number of fused-ring (bicyclic) bond motifs is 8. The Kier molecular flexibility index (Phi) is 9.40. The predicted molar refractivity (Wildman–Crippen MR) is 211 cm³/mol. The van der Waals surface area contributed by atoms with E-state index in [1.807, 2.05) is 79.7 Å². The Morgan fingerprint density at radius 3 is 0.885 bits per heavy atom. The quantitative estimate of drug-likeness (QED) is 0.145. The predicted octanol–water partition coefficient (Wildman–Crippen LogP) is 11.2. The summed E-state index contributed by atoms with van der Waals surface area (Å²) in [6, 6.07) is 23.7. The fourth-order valence-electron chi connectivity index (χ4n) is 7.01. The molecule has 0 saturated carbocycles. The maximum Gasteiger partial charge on any atom is 0.128 e. The summed E-state index contributed by atoms with van der Waals surface area (Å²) in [4.78, 5) is 0. The normalized spacial score (nSPS) is 13.6. The van der Waals surface area contributed by atoms with Crippen LogP contribution < -0.4 is 4.74 Å². The van der Waals surface area contributed by atoms with E-state index in [0.717, 1.165) is 22.3 Å². The highest BCUT2D eigenvalue weighted by Gasteiger charge is 2.26. The maximum atomic E-state index is 12.0. The Balaban J connectivity index is 1.65. The average Bonchev–Trinajstić information content (AvgIpc) is 3.03. The van der Waals surface area contributed by atoms with Crippen molar-refractivity contribution in [1.82, 2.24) is 0 Å². The van der Waals surface area contributed by atoms with Crippen LogP contribution in [0.1, 0.15) is 129 Å². The highest BCUT2D eigenvalue weighted by atomic mass is 16.5. The minimum absolute atomic E-state index is 0.102. The first-order valence-corrected chi connectivity index (χ1v) is 18.3. The van der Waals surface area contributed by atoms with Crippen LogP contribution in [0.5, 0.6) is 34.5 Å². The van der Waals surface area contributed by atoms with Gasteiger partial charge in [-0.2, -0.15) is 0 Å². The van der Waals surface area contributed by atoms with E-state index in [-0.39, 0.29) is 52.1 Å². The van der Waals surface area contributed by atoms with E-state index < -0.39 is 0 Å². The van der Waals surface area contributed by atoms with E-state index in [1.165, 1.54) is 0 Å². The van der Waals surface area contributed by atoms with E-state index in [9.17, 15) is 20.4 Å². The van der Waals surface area contributed by atoms with Crippen LogP contribution in [-0.2, 0) is 41.9 Å². The molecule has 0 heterocycles. The van der Waals surface area contributed by atoms with Crippen LogP contribution in [0.25, 0.3) is 0 Å². The van der Waals surface area contributed by atoms with Gasteiger partial charge in [0.05, 0.1) is 0 Å². The number of hydrogen-bond donors (Lipinski definition) is 4. The van der Waals surface area contributed by atoms with Gasteiger partial charge in [-0.1, -0.05) is 116 Å². The van der Waals surface area contributed by atoms with Gasteiger partial charge in [-0.15, -0.1) is 0 Å². The van der Waals surface area contributed by atoms with Crippen molar-refractivity contribution in [3.63, 3.8) is 0 Å². The molecule has 0 atom stereocenters. The van der Waals surface area contributed by atoms with Crippen LogP contribution in [0.2, 0.25) is 0 Å². The summed E-state index contributed by atoms with van der Waals surface area (Å²) >= 11 is 0. The molecule has 52 heavy (non-hydrogen) atoms. The molecule has 0 radical (unpaired) electrons. The van der Waals surface area contributed by atoms with Gasteiger partial charge in [-0.05, 0) is 97.5 Å². The van der Waals surface area contributed by atoms with Crippen LogP contribution in [0.4, 0.5) is 0 Å². The van der Waals surface area contributed by atoms with Crippen molar-refractivity contribution in [1.29, 1.82) is 0 Å². The summed E-state index contributed by atoms with van der Waals surface area (Å²) in [6.45, 7) is 21.4. The molecule has 0 fully saturated rings. The third kappa shape index (κ3) is 7.65. The first-order chi connectivity index (χ1) is 24.2. The van der Waals surface area contributed by atoms with E-state index in [4.69, 9.17) is 4.74 Å². The Bertz CT molecular complexity index is 2030. The molecule has 0 amide bonds. The second-order valence-electron chi connectivity index (χ2n) is 17.9. The number of aromatic hydroxyl groups is 4. The van der Waals surface area contributed by atoms with Crippen molar-refractivity contribution >= 4 is 0 Å². The zero-order valence-electron chi connectivity index (χ0n) is 32.5. The van der Waals surface area contributed by atoms with Gasteiger partial charge < -0.3 is 25.2 Å². The number of phenolic OH excluding ortho intramolecular Hbond substituents is 4. The highest BCUT2D eigenvalue weighted by molar-refractivity contribution is 5.59. The average molecular weight is 699 g/mol. The zero-order chi connectivity index (χ0) is 37.9. The molecule has 0 saturated heterocycles. The summed E-state index contributed by atoms with van der Waals surface area (Å²) in [5, 5.41) is 47.9. The van der Waals surface area contributed by atoms with Gasteiger partial charge >= 0.3 is 0 Å². The van der Waals surface area contributed by atoms with Crippen molar-refractivity contribution < 1.29 is 25.2 Å². The summed E-state index contributed by atoms with van der Waals surface area (Å²) in [5.74, 6) is 1.79. The van der Waals surface area contributed by atoms with Crippen molar-refractivity contribution in [2.75, 3.05) is 0 Å². The van der Waals surface area contributed by atoms with Crippen LogP contribution >= 0.6 is 0 Å². The highest BCUT2D eigenvalue weighted by Crippen LogP contribution is 2.43. The molecule has 5 heteroatoms. The smallest absolute Gasteiger partial charge is 0.128 e. The molecule has 5 aromatic carbocycles. The van der Waals surface area contributed by atoms with Gasteiger partial charge in [0.2, 0.25) is 0 Å².